The van der Waals surface area contributed by atoms with Crippen LogP contribution in [-0.4, -0.2) is 9.78 Å². The Balaban J connectivity index is 2.56. The van der Waals surface area contributed by atoms with E-state index in [-0.39, 0.29) is 0 Å². The van der Waals surface area contributed by atoms with Crippen molar-refractivity contribution < 1.29 is 4.57 Å². The summed E-state index contributed by atoms with van der Waals surface area (Å²) in [5.74, 6) is 0. The number of aromatic nitrogens is 3. The highest BCUT2D eigenvalue weighted by Crippen LogP contribution is 2.19. The van der Waals surface area contributed by atoms with E-state index in [4.69, 9.17) is 0 Å². The Kier molecular flexibility index (Phi) is 3.27. The lowest BCUT2D eigenvalue weighted by molar-refractivity contribution is -0.706. The Bertz CT molecular complexity index is 498. The molecule has 0 N–H and O–H groups in total. The summed E-state index contributed by atoms with van der Waals surface area (Å²) in [7, 11) is 0. The molecule has 0 radical (unpaired) electrons. The molecule has 2 rings (SSSR count). The zero-order chi connectivity index (χ0) is 12.4. The van der Waals surface area contributed by atoms with Gasteiger partial charge in [0.15, 0.2) is 12.2 Å². The summed E-state index contributed by atoms with van der Waals surface area (Å²) < 4.78 is 4.34. The lowest BCUT2D eigenvalue weighted by Crippen LogP contribution is -2.38. The van der Waals surface area contributed by atoms with Gasteiger partial charge in [-0.1, -0.05) is 0 Å². The maximum atomic E-state index is 4.40. The second-order valence-corrected chi connectivity index (χ2v) is 4.84. The number of hydrogen-bond donors (Lipinski definition) is 0. The molecule has 2 aromatic rings. The van der Waals surface area contributed by atoms with E-state index in [1.165, 1.54) is 11.4 Å². The van der Waals surface area contributed by atoms with Gasteiger partial charge in [0.2, 0.25) is 5.69 Å². The second-order valence-electron chi connectivity index (χ2n) is 4.84. The highest BCUT2D eigenvalue weighted by Gasteiger charge is 2.19. The van der Waals surface area contributed by atoms with Crippen molar-refractivity contribution in [2.45, 2.75) is 39.8 Å². The van der Waals surface area contributed by atoms with E-state index >= 15 is 0 Å². The van der Waals surface area contributed by atoms with E-state index in [9.17, 15) is 0 Å². The van der Waals surface area contributed by atoms with Gasteiger partial charge in [0, 0.05) is 24.4 Å². The third kappa shape index (κ3) is 2.23. The third-order valence-corrected chi connectivity index (χ3v) is 2.87. The fraction of sp³-hybridized carbons (Fsp3) is 0.429. The molecule has 0 aliphatic rings. The molecule has 17 heavy (non-hydrogen) atoms. The summed E-state index contributed by atoms with van der Waals surface area (Å²) in [6.07, 6.45) is 3.99. The van der Waals surface area contributed by atoms with Crippen molar-refractivity contribution in [1.29, 1.82) is 0 Å². The van der Waals surface area contributed by atoms with Crippen LogP contribution in [0.5, 0.6) is 0 Å². The zero-order valence-corrected chi connectivity index (χ0v) is 11.0. The SMILES string of the molecule is CC(C)n1nccc1-c1cccc[n+]1C(C)C. The van der Waals surface area contributed by atoms with Crippen molar-refractivity contribution in [2.24, 2.45) is 0 Å². The van der Waals surface area contributed by atoms with E-state index in [0.29, 0.717) is 12.1 Å². The molecule has 0 atom stereocenters. The Morgan fingerprint density at radius 1 is 1.12 bits per heavy atom. The van der Waals surface area contributed by atoms with Crippen molar-refractivity contribution in [3.8, 4) is 11.4 Å². The van der Waals surface area contributed by atoms with Gasteiger partial charge in [-0.3, -0.25) is 4.68 Å². The van der Waals surface area contributed by atoms with Gasteiger partial charge in [-0.05, 0) is 39.8 Å². The van der Waals surface area contributed by atoms with E-state index in [1.54, 1.807) is 0 Å². The Labute approximate surface area is 103 Å². The van der Waals surface area contributed by atoms with Crippen LogP contribution in [0.25, 0.3) is 11.4 Å². The monoisotopic (exact) mass is 230 g/mol. The number of rotatable bonds is 3. The predicted molar refractivity (Wildman–Crippen MR) is 68.6 cm³/mol. The van der Waals surface area contributed by atoms with E-state index in [1.807, 2.05) is 6.20 Å². The third-order valence-electron chi connectivity index (χ3n) is 2.87. The van der Waals surface area contributed by atoms with Gasteiger partial charge in [0.25, 0.3) is 0 Å². The van der Waals surface area contributed by atoms with Gasteiger partial charge in [0.1, 0.15) is 5.69 Å². The molecule has 3 heteroatoms. The molecule has 0 bridgehead atoms. The first-order valence-electron chi connectivity index (χ1n) is 6.15. The lowest BCUT2D eigenvalue weighted by Gasteiger charge is -2.11. The second kappa shape index (κ2) is 4.70. The quantitative estimate of drug-likeness (QED) is 0.743. The predicted octanol–water partition coefficient (Wildman–Crippen LogP) is 3.00. The van der Waals surface area contributed by atoms with Crippen LogP contribution in [0.4, 0.5) is 0 Å². The van der Waals surface area contributed by atoms with Crippen LogP contribution >= 0.6 is 0 Å². The number of nitrogens with zero attached hydrogens (tertiary/aromatic N) is 3. The standard InChI is InChI=1S/C14H20N3/c1-11(2)16-10-6-5-7-13(16)14-8-9-15-17(14)12(3)4/h5-12H,1-4H3/q+1. The number of hydrogen-bond acceptors (Lipinski definition) is 1. The first kappa shape index (κ1) is 11.8. The van der Waals surface area contributed by atoms with Crippen LogP contribution < -0.4 is 4.57 Å². The largest absolute Gasteiger partial charge is 0.256 e. The minimum Gasteiger partial charge on any atom is -0.256 e. The summed E-state index contributed by atoms with van der Waals surface area (Å²) in [4.78, 5) is 0. The fourth-order valence-corrected chi connectivity index (χ4v) is 2.05. The molecule has 0 aliphatic heterocycles. The molecule has 2 aromatic heterocycles. The van der Waals surface area contributed by atoms with Crippen molar-refractivity contribution in [3.05, 3.63) is 36.7 Å². The van der Waals surface area contributed by atoms with Crippen LogP contribution in [0, 0.1) is 0 Å². The van der Waals surface area contributed by atoms with E-state index in [0.717, 1.165) is 0 Å². The molecule has 0 saturated carbocycles. The van der Waals surface area contributed by atoms with E-state index in [2.05, 4.69) is 72.5 Å². The van der Waals surface area contributed by atoms with Crippen LogP contribution in [0.2, 0.25) is 0 Å². The summed E-state index contributed by atoms with van der Waals surface area (Å²) >= 11 is 0. The molecule has 0 spiro atoms. The Hall–Kier alpha value is -1.64. The topological polar surface area (TPSA) is 21.7 Å². The Morgan fingerprint density at radius 3 is 2.53 bits per heavy atom. The lowest BCUT2D eigenvalue weighted by atomic mass is 10.2. The summed E-state index contributed by atoms with van der Waals surface area (Å²) in [6, 6.07) is 9.19. The van der Waals surface area contributed by atoms with Gasteiger partial charge in [0.05, 0.1) is 0 Å². The van der Waals surface area contributed by atoms with Crippen molar-refractivity contribution in [1.82, 2.24) is 9.78 Å². The fourth-order valence-electron chi connectivity index (χ4n) is 2.05. The average molecular weight is 230 g/mol. The molecule has 0 saturated heterocycles. The molecule has 90 valence electrons. The molecule has 0 aliphatic carbocycles. The highest BCUT2D eigenvalue weighted by molar-refractivity contribution is 5.50. The molecule has 3 nitrogen and oxygen atoms in total. The average Bonchev–Trinajstić information content (AvgIpc) is 2.77. The summed E-state index contributed by atoms with van der Waals surface area (Å²) in [5.41, 5.74) is 2.39. The van der Waals surface area contributed by atoms with Gasteiger partial charge >= 0.3 is 0 Å². The minimum atomic E-state index is 0.376. The zero-order valence-electron chi connectivity index (χ0n) is 11.0. The van der Waals surface area contributed by atoms with Crippen molar-refractivity contribution in [2.75, 3.05) is 0 Å². The molecule has 2 heterocycles. The molecule has 0 aromatic carbocycles. The minimum absolute atomic E-state index is 0.376. The van der Waals surface area contributed by atoms with Gasteiger partial charge in [-0.25, -0.2) is 0 Å². The van der Waals surface area contributed by atoms with Gasteiger partial charge in [-0.15, -0.1) is 0 Å². The van der Waals surface area contributed by atoms with Crippen molar-refractivity contribution in [3.63, 3.8) is 0 Å². The number of pyridine rings is 1. The van der Waals surface area contributed by atoms with Gasteiger partial charge in [-0.2, -0.15) is 9.67 Å². The summed E-state index contributed by atoms with van der Waals surface area (Å²) in [5, 5.41) is 4.40. The molecule has 0 unspecified atom stereocenters. The first-order valence-corrected chi connectivity index (χ1v) is 6.15. The smallest absolute Gasteiger partial charge is 0.230 e. The van der Waals surface area contributed by atoms with Crippen LogP contribution in [0.15, 0.2) is 36.7 Å². The summed E-state index contributed by atoms with van der Waals surface area (Å²) in [6.45, 7) is 8.69. The Morgan fingerprint density at radius 2 is 1.88 bits per heavy atom. The molecule has 0 fully saturated rings. The molecular formula is C14H20N3+. The maximum absolute atomic E-state index is 4.40. The van der Waals surface area contributed by atoms with E-state index < -0.39 is 0 Å². The van der Waals surface area contributed by atoms with Crippen molar-refractivity contribution >= 4 is 0 Å². The molecular weight excluding hydrogens is 210 g/mol. The van der Waals surface area contributed by atoms with Crippen LogP contribution in [0.3, 0.4) is 0 Å². The normalized spacial score (nSPS) is 11.4. The van der Waals surface area contributed by atoms with Gasteiger partial charge < -0.3 is 0 Å². The molecule has 0 amide bonds. The van der Waals surface area contributed by atoms with Crippen LogP contribution in [0.1, 0.15) is 39.8 Å². The van der Waals surface area contributed by atoms with Crippen LogP contribution in [-0.2, 0) is 0 Å². The first-order chi connectivity index (χ1) is 8.11. The highest BCUT2D eigenvalue weighted by atomic mass is 15.3. The maximum Gasteiger partial charge on any atom is 0.230 e.